The predicted molar refractivity (Wildman–Crippen MR) is 270 cm³/mol. The maximum absolute atomic E-state index is 14.9. The zero-order chi connectivity index (χ0) is 58.3. The molecular formula is C48H68N12O20. The van der Waals surface area contributed by atoms with Crippen molar-refractivity contribution in [3.05, 3.63) is 65.7 Å². The van der Waals surface area contributed by atoms with Gasteiger partial charge in [0.15, 0.2) is 18.1 Å². The van der Waals surface area contributed by atoms with Crippen LogP contribution < -0.4 is 53.4 Å². The van der Waals surface area contributed by atoms with Crippen LogP contribution in [-0.4, -0.2) is 264 Å². The molecule has 5 aliphatic heterocycles. The van der Waals surface area contributed by atoms with Crippen molar-refractivity contribution in [3.8, 4) is 5.75 Å². The van der Waals surface area contributed by atoms with E-state index in [0.717, 1.165) is 4.90 Å². The average Bonchev–Trinajstić information content (AvgIpc) is 4.07. The molecule has 0 bridgehead atoms. The lowest BCUT2D eigenvalue weighted by Crippen LogP contribution is -2.70. The minimum atomic E-state index is -2.31. The summed E-state index contributed by atoms with van der Waals surface area (Å²) in [4.78, 5) is 95.3. The van der Waals surface area contributed by atoms with Gasteiger partial charge in [-0.1, -0.05) is 49.4 Å². The number of rotatable bonds is 14. The van der Waals surface area contributed by atoms with Crippen LogP contribution in [0.1, 0.15) is 24.0 Å². The summed E-state index contributed by atoms with van der Waals surface area (Å²) in [6.45, 7) is -2.86. The van der Waals surface area contributed by atoms with E-state index in [1.807, 2.05) is 0 Å². The van der Waals surface area contributed by atoms with Crippen LogP contribution in [0.5, 0.6) is 5.75 Å². The van der Waals surface area contributed by atoms with Gasteiger partial charge in [-0.25, -0.2) is 0 Å². The molecule has 7 rings (SSSR count). The van der Waals surface area contributed by atoms with Gasteiger partial charge in [0.05, 0.1) is 51.5 Å². The number of guanidine groups is 2. The number of nitrogens with zero attached hydrogens (tertiary/aromatic N) is 3. The number of benzene rings is 2. The highest BCUT2D eigenvalue weighted by Crippen LogP contribution is 2.30. The number of aliphatic imine (C=N–C) groups is 2. The van der Waals surface area contributed by atoms with E-state index in [2.05, 4.69) is 47.2 Å². The first-order valence-corrected chi connectivity index (χ1v) is 25.4. The van der Waals surface area contributed by atoms with E-state index < -0.39 is 203 Å². The zero-order valence-electron chi connectivity index (χ0n) is 42.8. The highest BCUT2D eigenvalue weighted by Gasteiger charge is 2.52. The summed E-state index contributed by atoms with van der Waals surface area (Å²) in [6, 6.07) is 1.38. The first-order chi connectivity index (χ1) is 38.1. The summed E-state index contributed by atoms with van der Waals surface area (Å²) in [7, 11) is 0. The molecule has 0 radical (unpaired) electrons. The molecule has 3 fully saturated rings. The van der Waals surface area contributed by atoms with Crippen LogP contribution in [0.3, 0.4) is 0 Å². The highest BCUT2D eigenvalue weighted by atomic mass is 16.7. The van der Waals surface area contributed by atoms with Gasteiger partial charge in [0, 0.05) is 12.3 Å². The van der Waals surface area contributed by atoms with E-state index >= 15 is 0 Å². The maximum Gasteiger partial charge on any atom is 0.246 e. The van der Waals surface area contributed by atoms with Gasteiger partial charge in [-0.2, -0.15) is 0 Å². The topological polar surface area (TPSA) is 517 Å². The second kappa shape index (κ2) is 26.6. The van der Waals surface area contributed by atoms with Crippen LogP contribution in [0.25, 0.3) is 0 Å². The number of ether oxygens (including phenoxy) is 3. The molecule has 440 valence electrons. The zero-order valence-corrected chi connectivity index (χ0v) is 42.8. The number of aliphatic hydroxyl groups is 11. The van der Waals surface area contributed by atoms with E-state index in [-0.39, 0.29) is 23.8 Å². The van der Waals surface area contributed by atoms with Gasteiger partial charge in [0.2, 0.25) is 41.7 Å². The van der Waals surface area contributed by atoms with E-state index in [1.165, 1.54) is 24.3 Å². The Morgan fingerprint density at radius 2 is 1.21 bits per heavy atom. The number of nitrogens with one attached hydrogen (secondary N) is 7. The summed E-state index contributed by atoms with van der Waals surface area (Å²) in [5, 5.41) is 134. The Morgan fingerprint density at radius 1 is 0.625 bits per heavy atom. The lowest BCUT2D eigenvalue weighted by molar-refractivity contribution is -0.277. The lowest BCUT2D eigenvalue weighted by atomic mass is 9.92. The fraction of sp³-hybridized carbons (Fsp3) is 0.583. The van der Waals surface area contributed by atoms with Crippen molar-refractivity contribution in [2.24, 2.45) is 21.5 Å². The smallest absolute Gasteiger partial charge is 0.246 e. The molecule has 32 nitrogen and oxygen atoms in total. The molecule has 80 heavy (non-hydrogen) atoms. The molecule has 6 amide bonds. The van der Waals surface area contributed by atoms with Gasteiger partial charge in [0.1, 0.15) is 97.0 Å². The monoisotopic (exact) mass is 1130 g/mol. The molecule has 20 atom stereocenters. The molecule has 0 saturated carbocycles. The molecule has 0 aromatic heterocycles. The van der Waals surface area contributed by atoms with Crippen LogP contribution in [0.2, 0.25) is 0 Å². The van der Waals surface area contributed by atoms with Gasteiger partial charge in [-0.3, -0.25) is 38.8 Å². The molecule has 32 heteroatoms. The SMILES string of the molecule is CC(c1ccccc1)C1NC(=O)CNC(=O)C(CO)NC(=O)C(C(O)C2CN=C(N)N2C2OC(CO)C(O)C(O)C2O)NC(=O)C(C(O)C2CN=C(N)N2)NC(=O)C(Cc2ccc(OC3OC(CO)C(O)C(O)C3O)cc2)NC1=O. The van der Waals surface area contributed by atoms with Crippen molar-refractivity contribution in [1.82, 2.24) is 42.1 Å². The van der Waals surface area contributed by atoms with Gasteiger partial charge in [-0.05, 0) is 23.3 Å². The van der Waals surface area contributed by atoms with Crippen LogP contribution in [0.15, 0.2) is 64.6 Å². The van der Waals surface area contributed by atoms with E-state index in [1.54, 1.807) is 37.3 Å². The fourth-order valence-corrected chi connectivity index (χ4v) is 9.71. The Labute approximate surface area is 455 Å². The van der Waals surface area contributed by atoms with Gasteiger partial charge in [0.25, 0.3) is 0 Å². The Hall–Kier alpha value is -6.92. The maximum atomic E-state index is 14.9. The van der Waals surface area contributed by atoms with Crippen molar-refractivity contribution in [2.45, 2.75) is 135 Å². The first kappa shape index (κ1) is 60.7. The number of amides is 6. The number of carbonyl (C=O) groups excluding carboxylic acids is 6. The summed E-state index contributed by atoms with van der Waals surface area (Å²) in [5.74, 6) is -8.63. The minimum absolute atomic E-state index is 0.0162. The molecule has 5 heterocycles. The van der Waals surface area contributed by atoms with E-state index in [9.17, 15) is 84.9 Å². The first-order valence-electron chi connectivity index (χ1n) is 25.4. The van der Waals surface area contributed by atoms with E-state index in [0.29, 0.717) is 5.56 Å². The van der Waals surface area contributed by atoms with Gasteiger partial charge < -0.3 is 124 Å². The fourth-order valence-electron chi connectivity index (χ4n) is 9.71. The Bertz CT molecular complexity index is 2570. The predicted octanol–water partition coefficient (Wildman–Crippen LogP) is -11.4. The van der Waals surface area contributed by atoms with Gasteiger partial charge >= 0.3 is 0 Å². The second-order valence-electron chi connectivity index (χ2n) is 19.8. The van der Waals surface area contributed by atoms with Crippen molar-refractivity contribution >= 4 is 47.4 Å². The Morgan fingerprint density at radius 3 is 1.84 bits per heavy atom. The molecule has 3 saturated heterocycles. The van der Waals surface area contributed by atoms with Crippen molar-refractivity contribution in [2.75, 3.05) is 39.5 Å². The van der Waals surface area contributed by atoms with Crippen molar-refractivity contribution < 1.29 is 99.1 Å². The molecular weight excluding hydrogens is 1060 g/mol. The lowest BCUT2D eigenvalue weighted by Gasteiger charge is -2.46. The molecule has 2 aromatic rings. The summed E-state index contributed by atoms with van der Waals surface area (Å²) < 4.78 is 16.8. The number of hydrogen-bond acceptors (Lipinski definition) is 26. The quantitative estimate of drug-likeness (QED) is 0.0835. The average molecular weight is 1130 g/mol. The van der Waals surface area contributed by atoms with Crippen molar-refractivity contribution in [3.63, 3.8) is 0 Å². The second-order valence-corrected chi connectivity index (χ2v) is 19.8. The molecule has 20 unspecified atom stereocenters. The molecule has 22 N–H and O–H groups in total. The number of nitrogens with two attached hydrogens (primary N) is 2. The standard InChI is InChI=1S/C48H68N12O20/c1-18(20-5-3-2-4-6-20)29-42(75)54-22(11-19-7-9-21(10-8-19)78-46-39(72)37(70)35(68)27(17-63)80-46)41(74)58-30(32(65)23-12-52-47(49)56-23)44(77)59-31(43(76)55-24(15-61)40(73)51-14-28(64)57-29)33(66)25-13-53-48(50)60(25)45-38(71)36(69)34(67)26(16-62)79-45/h2-10,18,22-27,29-39,45-46,61-63,65-72H,11-17H2,1H3,(H2,50,53)(H,51,73)(H,54,75)(H,55,76)(H,57,64)(H,58,74)(H,59,77)(H3,49,52,56). The molecule has 5 aliphatic rings. The number of hydrogen-bond donors (Lipinski definition) is 20. The third-order valence-electron chi connectivity index (χ3n) is 14.4. The summed E-state index contributed by atoms with van der Waals surface area (Å²) in [6.07, 6.45) is -21.9. The van der Waals surface area contributed by atoms with E-state index in [4.69, 9.17) is 25.7 Å². The molecule has 0 aliphatic carbocycles. The summed E-state index contributed by atoms with van der Waals surface area (Å²) >= 11 is 0. The largest absolute Gasteiger partial charge is 0.462 e. The number of carbonyl (C=O) groups is 6. The molecule has 0 spiro atoms. The van der Waals surface area contributed by atoms with Crippen LogP contribution in [0.4, 0.5) is 0 Å². The Balaban J connectivity index is 1.26. The van der Waals surface area contributed by atoms with Crippen LogP contribution in [0, 0.1) is 0 Å². The highest BCUT2D eigenvalue weighted by molar-refractivity contribution is 5.98. The summed E-state index contributed by atoms with van der Waals surface area (Å²) in [5.41, 5.74) is 12.9. The normalized spacial score (nSPS) is 35.2. The third-order valence-corrected chi connectivity index (χ3v) is 14.4. The van der Waals surface area contributed by atoms with Crippen molar-refractivity contribution in [1.29, 1.82) is 0 Å². The number of aliphatic hydroxyl groups excluding tert-OH is 11. The molecule has 2 aromatic carbocycles. The minimum Gasteiger partial charge on any atom is -0.462 e. The van der Waals surface area contributed by atoms with Crippen LogP contribution >= 0.6 is 0 Å². The van der Waals surface area contributed by atoms with Crippen LogP contribution in [-0.2, 0) is 44.7 Å². The third kappa shape index (κ3) is 13.6. The van der Waals surface area contributed by atoms with Gasteiger partial charge in [-0.15, -0.1) is 0 Å². The Kier molecular flexibility index (Phi) is 20.2.